The maximum atomic E-state index is 12.7. The molecule has 1 aromatic rings. The second-order valence-corrected chi connectivity index (χ2v) is 3.03. The van der Waals surface area contributed by atoms with Gasteiger partial charge in [0.05, 0.1) is 0 Å². The van der Waals surface area contributed by atoms with E-state index in [-0.39, 0.29) is 0 Å². The zero-order chi connectivity index (χ0) is 10.4. The van der Waals surface area contributed by atoms with Crippen molar-refractivity contribution in [3.05, 3.63) is 48.1 Å². The number of rotatable bonds is 5. The van der Waals surface area contributed by atoms with E-state index in [9.17, 15) is 8.78 Å². The predicted octanol–water partition coefficient (Wildman–Crippen LogP) is 2.63. The Labute approximate surface area is 82.4 Å². The molecule has 1 nitrogen and oxygen atoms in total. The van der Waals surface area contributed by atoms with Crippen molar-refractivity contribution in [2.24, 2.45) is 0 Å². The highest BCUT2D eigenvalue weighted by atomic mass is 19.1. The van der Waals surface area contributed by atoms with Gasteiger partial charge in [-0.15, -0.1) is 6.58 Å². The first-order valence-corrected chi connectivity index (χ1v) is 4.49. The summed E-state index contributed by atoms with van der Waals surface area (Å²) in [6, 6.07) is 3.52. The van der Waals surface area contributed by atoms with Crippen LogP contribution in [0.5, 0.6) is 0 Å². The molecule has 0 aromatic heterocycles. The van der Waals surface area contributed by atoms with Gasteiger partial charge in [-0.2, -0.15) is 0 Å². The third-order valence-corrected chi connectivity index (χ3v) is 1.78. The summed E-state index contributed by atoms with van der Waals surface area (Å²) in [6.45, 7) is 4.81. The van der Waals surface area contributed by atoms with E-state index in [0.29, 0.717) is 12.1 Å². The van der Waals surface area contributed by atoms with Crippen LogP contribution in [0.1, 0.15) is 12.0 Å². The lowest BCUT2D eigenvalue weighted by atomic mass is 10.2. The molecule has 0 bridgehead atoms. The summed E-state index contributed by atoms with van der Waals surface area (Å²) >= 11 is 0. The highest BCUT2D eigenvalue weighted by Gasteiger charge is 1.99. The fourth-order valence-corrected chi connectivity index (χ4v) is 1.15. The van der Waals surface area contributed by atoms with E-state index in [1.807, 2.05) is 0 Å². The molecule has 0 heterocycles. The van der Waals surface area contributed by atoms with Crippen molar-refractivity contribution in [2.75, 3.05) is 6.54 Å². The molecule has 0 saturated carbocycles. The standard InChI is InChI=1S/C11H13F2N/c1-2-3-4-14-8-9-5-10(12)7-11(13)6-9/h2,5-7,14H,1,3-4,8H2. The molecule has 0 atom stereocenters. The van der Waals surface area contributed by atoms with Crippen molar-refractivity contribution in [3.8, 4) is 0 Å². The van der Waals surface area contributed by atoms with E-state index in [1.54, 1.807) is 6.08 Å². The van der Waals surface area contributed by atoms with E-state index < -0.39 is 11.6 Å². The van der Waals surface area contributed by atoms with Gasteiger partial charge in [0.2, 0.25) is 0 Å². The van der Waals surface area contributed by atoms with Crippen molar-refractivity contribution < 1.29 is 8.78 Å². The van der Waals surface area contributed by atoms with Crippen LogP contribution in [0.3, 0.4) is 0 Å². The zero-order valence-electron chi connectivity index (χ0n) is 7.89. The maximum Gasteiger partial charge on any atom is 0.126 e. The Kier molecular flexibility index (Phi) is 4.26. The van der Waals surface area contributed by atoms with Crippen LogP contribution >= 0.6 is 0 Å². The molecule has 0 fully saturated rings. The topological polar surface area (TPSA) is 12.0 Å². The summed E-state index contributed by atoms with van der Waals surface area (Å²) in [5.74, 6) is -1.07. The number of benzene rings is 1. The van der Waals surface area contributed by atoms with Crippen molar-refractivity contribution in [3.63, 3.8) is 0 Å². The summed E-state index contributed by atoms with van der Waals surface area (Å²) < 4.78 is 25.4. The Hall–Kier alpha value is -1.22. The summed E-state index contributed by atoms with van der Waals surface area (Å²) in [4.78, 5) is 0. The first-order chi connectivity index (χ1) is 6.72. The van der Waals surface area contributed by atoms with Gasteiger partial charge in [-0.1, -0.05) is 6.08 Å². The maximum absolute atomic E-state index is 12.7. The fraction of sp³-hybridized carbons (Fsp3) is 0.273. The Bertz CT molecular complexity index is 290. The van der Waals surface area contributed by atoms with Crippen molar-refractivity contribution >= 4 is 0 Å². The normalized spacial score (nSPS) is 10.1. The van der Waals surface area contributed by atoms with Gasteiger partial charge < -0.3 is 5.32 Å². The SMILES string of the molecule is C=CCCNCc1cc(F)cc(F)c1. The Morgan fingerprint density at radius 1 is 1.21 bits per heavy atom. The van der Waals surface area contributed by atoms with Crippen LogP contribution in [-0.2, 0) is 6.54 Å². The third-order valence-electron chi connectivity index (χ3n) is 1.78. The van der Waals surface area contributed by atoms with E-state index in [4.69, 9.17) is 0 Å². The first-order valence-electron chi connectivity index (χ1n) is 4.49. The van der Waals surface area contributed by atoms with Gasteiger partial charge in [0, 0.05) is 12.6 Å². The highest BCUT2D eigenvalue weighted by molar-refractivity contribution is 5.17. The highest BCUT2D eigenvalue weighted by Crippen LogP contribution is 2.07. The van der Waals surface area contributed by atoms with Crippen LogP contribution in [0.15, 0.2) is 30.9 Å². The lowest BCUT2D eigenvalue weighted by molar-refractivity contribution is 0.575. The lowest BCUT2D eigenvalue weighted by Gasteiger charge is -2.03. The molecular formula is C11H13F2N. The van der Waals surface area contributed by atoms with Crippen molar-refractivity contribution in [2.45, 2.75) is 13.0 Å². The molecule has 3 heteroatoms. The molecule has 0 aliphatic rings. The van der Waals surface area contributed by atoms with Crippen molar-refractivity contribution in [1.82, 2.24) is 5.32 Å². The van der Waals surface area contributed by atoms with Gasteiger partial charge in [0.15, 0.2) is 0 Å². The second kappa shape index (κ2) is 5.50. The summed E-state index contributed by atoms with van der Waals surface area (Å²) in [5, 5.41) is 3.05. The molecule has 0 unspecified atom stereocenters. The predicted molar refractivity (Wildman–Crippen MR) is 52.9 cm³/mol. The molecule has 1 N–H and O–H groups in total. The van der Waals surface area contributed by atoms with Gasteiger partial charge >= 0.3 is 0 Å². The molecule has 0 saturated heterocycles. The van der Waals surface area contributed by atoms with Gasteiger partial charge in [0.1, 0.15) is 11.6 Å². The Morgan fingerprint density at radius 3 is 2.43 bits per heavy atom. The van der Waals surface area contributed by atoms with Crippen LogP contribution in [-0.4, -0.2) is 6.54 Å². The molecule has 0 aliphatic heterocycles. The summed E-state index contributed by atoms with van der Waals surface area (Å²) in [7, 11) is 0. The molecule has 0 spiro atoms. The van der Waals surface area contributed by atoms with E-state index in [2.05, 4.69) is 11.9 Å². The third kappa shape index (κ3) is 3.66. The van der Waals surface area contributed by atoms with Crippen LogP contribution in [0.2, 0.25) is 0 Å². The molecule has 76 valence electrons. The van der Waals surface area contributed by atoms with Crippen LogP contribution in [0.4, 0.5) is 8.78 Å². The smallest absolute Gasteiger partial charge is 0.126 e. The van der Waals surface area contributed by atoms with Crippen LogP contribution in [0.25, 0.3) is 0 Å². The van der Waals surface area contributed by atoms with Crippen LogP contribution < -0.4 is 5.32 Å². The van der Waals surface area contributed by atoms with Crippen LogP contribution in [0, 0.1) is 11.6 Å². The van der Waals surface area contributed by atoms with Gasteiger partial charge in [0.25, 0.3) is 0 Å². The quantitative estimate of drug-likeness (QED) is 0.565. The number of hydrogen-bond donors (Lipinski definition) is 1. The van der Waals surface area contributed by atoms with Gasteiger partial charge in [-0.25, -0.2) is 8.78 Å². The number of halogens is 2. The van der Waals surface area contributed by atoms with E-state index in [0.717, 1.165) is 19.0 Å². The molecule has 1 rings (SSSR count). The molecule has 0 amide bonds. The minimum Gasteiger partial charge on any atom is -0.312 e. The van der Waals surface area contributed by atoms with Crippen molar-refractivity contribution in [1.29, 1.82) is 0 Å². The Balaban J connectivity index is 2.46. The minimum atomic E-state index is -0.537. The molecule has 14 heavy (non-hydrogen) atoms. The zero-order valence-corrected chi connectivity index (χ0v) is 7.89. The van der Waals surface area contributed by atoms with Gasteiger partial charge in [-0.3, -0.25) is 0 Å². The van der Waals surface area contributed by atoms with E-state index in [1.165, 1.54) is 12.1 Å². The molecule has 1 aromatic carbocycles. The molecule has 0 radical (unpaired) electrons. The summed E-state index contributed by atoms with van der Waals surface area (Å²) in [6.07, 6.45) is 2.64. The summed E-state index contributed by atoms with van der Waals surface area (Å²) in [5.41, 5.74) is 0.617. The second-order valence-electron chi connectivity index (χ2n) is 3.03. The minimum absolute atomic E-state index is 0.475. The average molecular weight is 197 g/mol. The largest absolute Gasteiger partial charge is 0.312 e. The Morgan fingerprint density at radius 2 is 1.86 bits per heavy atom. The molecule has 0 aliphatic carbocycles. The lowest BCUT2D eigenvalue weighted by Crippen LogP contribution is -2.14. The number of hydrogen-bond acceptors (Lipinski definition) is 1. The molecular weight excluding hydrogens is 184 g/mol. The van der Waals surface area contributed by atoms with E-state index >= 15 is 0 Å². The average Bonchev–Trinajstić information content (AvgIpc) is 2.11. The first kappa shape index (κ1) is 10.9. The fourth-order valence-electron chi connectivity index (χ4n) is 1.15. The number of nitrogens with one attached hydrogen (secondary N) is 1. The van der Waals surface area contributed by atoms with Gasteiger partial charge in [-0.05, 0) is 30.7 Å². The monoisotopic (exact) mass is 197 g/mol.